The molecule has 0 aromatic carbocycles. The van der Waals surface area contributed by atoms with Crippen molar-refractivity contribution in [1.29, 1.82) is 0 Å². The first-order valence-electron chi connectivity index (χ1n) is 7.90. The third-order valence-electron chi connectivity index (χ3n) is 6.09. The lowest BCUT2D eigenvalue weighted by Crippen LogP contribution is -2.33. The molecule has 0 spiro atoms. The van der Waals surface area contributed by atoms with Gasteiger partial charge in [-0.15, -0.1) is 0 Å². The van der Waals surface area contributed by atoms with Gasteiger partial charge in [-0.3, -0.25) is 0 Å². The third-order valence-corrected chi connectivity index (χ3v) is 6.09. The quantitative estimate of drug-likeness (QED) is 0.547. The van der Waals surface area contributed by atoms with Crippen molar-refractivity contribution in [3.05, 3.63) is 34.9 Å². The highest BCUT2D eigenvalue weighted by Crippen LogP contribution is 2.57. The van der Waals surface area contributed by atoms with Crippen molar-refractivity contribution < 1.29 is 0 Å². The highest BCUT2D eigenvalue weighted by Gasteiger charge is 2.46. The predicted molar refractivity (Wildman–Crippen MR) is 76.3 cm³/mol. The molecule has 4 rings (SSSR count). The lowest BCUT2D eigenvalue weighted by Gasteiger charge is -2.43. The summed E-state index contributed by atoms with van der Waals surface area (Å²) in [5.74, 6) is 1.85. The largest absolute Gasteiger partial charge is 0.0810 e. The van der Waals surface area contributed by atoms with Crippen LogP contribution in [0.2, 0.25) is 0 Å². The van der Waals surface area contributed by atoms with E-state index in [1.807, 2.05) is 0 Å². The first-order valence-corrected chi connectivity index (χ1v) is 7.90. The second-order valence-corrected chi connectivity index (χ2v) is 7.04. The summed E-state index contributed by atoms with van der Waals surface area (Å²) >= 11 is 0. The molecule has 3 atom stereocenters. The standard InChI is InChI=1S/C18H24/c1-18-11-4-7-17(18)16-9-8-13-5-2-3-6-14(13)15(16)10-12-18/h5,10,12,16-17H,2-4,6-9,11H2,1H3/t16-,17+,18+/m1/s1. The van der Waals surface area contributed by atoms with E-state index in [9.17, 15) is 0 Å². The second kappa shape index (κ2) is 3.85. The van der Waals surface area contributed by atoms with E-state index < -0.39 is 0 Å². The lowest BCUT2D eigenvalue weighted by atomic mass is 9.61. The van der Waals surface area contributed by atoms with Gasteiger partial charge >= 0.3 is 0 Å². The molecule has 0 bridgehead atoms. The maximum Gasteiger partial charge on any atom is -0.0109 e. The van der Waals surface area contributed by atoms with Crippen LogP contribution in [0.15, 0.2) is 34.9 Å². The Kier molecular flexibility index (Phi) is 2.37. The molecule has 0 N–H and O–H groups in total. The zero-order chi connectivity index (χ0) is 12.2. The molecule has 0 unspecified atom stereocenters. The fourth-order valence-electron chi connectivity index (χ4n) is 5.12. The van der Waals surface area contributed by atoms with Crippen molar-refractivity contribution in [3.63, 3.8) is 0 Å². The molecule has 18 heavy (non-hydrogen) atoms. The minimum absolute atomic E-state index is 0.532. The molecule has 4 aliphatic rings. The number of fused-ring (bicyclic) bond motifs is 4. The van der Waals surface area contributed by atoms with E-state index in [0.29, 0.717) is 5.41 Å². The normalized spacial score (nSPS) is 42.2. The maximum absolute atomic E-state index is 2.57. The van der Waals surface area contributed by atoms with Crippen LogP contribution in [-0.2, 0) is 0 Å². The van der Waals surface area contributed by atoms with Gasteiger partial charge in [-0.25, -0.2) is 0 Å². The molecule has 0 heterocycles. The molecule has 0 saturated heterocycles. The third kappa shape index (κ3) is 1.44. The van der Waals surface area contributed by atoms with Crippen molar-refractivity contribution in [1.82, 2.24) is 0 Å². The van der Waals surface area contributed by atoms with Gasteiger partial charge in [0, 0.05) is 0 Å². The SMILES string of the molecule is C[C@]12C=CC3=C4CCCC=C4CC[C@H]3[C@@H]1CCC2. The van der Waals surface area contributed by atoms with E-state index in [-0.39, 0.29) is 0 Å². The average Bonchev–Trinajstić information content (AvgIpc) is 2.80. The molecule has 1 fully saturated rings. The van der Waals surface area contributed by atoms with Gasteiger partial charge < -0.3 is 0 Å². The molecule has 0 aromatic rings. The summed E-state index contributed by atoms with van der Waals surface area (Å²) in [5, 5.41) is 0. The van der Waals surface area contributed by atoms with Crippen LogP contribution in [0, 0.1) is 17.3 Å². The van der Waals surface area contributed by atoms with Crippen LogP contribution in [0.3, 0.4) is 0 Å². The Morgan fingerprint density at radius 3 is 3.06 bits per heavy atom. The summed E-state index contributed by atoms with van der Waals surface area (Å²) in [6.07, 6.45) is 18.8. The number of hydrogen-bond donors (Lipinski definition) is 0. The molecule has 0 heteroatoms. The number of allylic oxidation sites excluding steroid dienone is 6. The zero-order valence-corrected chi connectivity index (χ0v) is 11.5. The van der Waals surface area contributed by atoms with Gasteiger partial charge in [0.15, 0.2) is 0 Å². The smallest absolute Gasteiger partial charge is 0.0109 e. The van der Waals surface area contributed by atoms with E-state index in [1.165, 1.54) is 51.4 Å². The Labute approximate surface area is 111 Å². The van der Waals surface area contributed by atoms with Crippen molar-refractivity contribution in [3.8, 4) is 0 Å². The summed E-state index contributed by atoms with van der Waals surface area (Å²) in [6.45, 7) is 2.51. The van der Waals surface area contributed by atoms with Crippen LogP contribution in [0.5, 0.6) is 0 Å². The lowest BCUT2D eigenvalue weighted by molar-refractivity contribution is 0.210. The molecular formula is C18H24. The minimum atomic E-state index is 0.532. The highest BCUT2D eigenvalue weighted by atomic mass is 14.5. The fourth-order valence-corrected chi connectivity index (χ4v) is 5.12. The van der Waals surface area contributed by atoms with Gasteiger partial charge in [0.1, 0.15) is 0 Å². The first-order chi connectivity index (χ1) is 8.78. The minimum Gasteiger partial charge on any atom is -0.0810 e. The van der Waals surface area contributed by atoms with Crippen LogP contribution in [-0.4, -0.2) is 0 Å². The summed E-state index contributed by atoms with van der Waals surface area (Å²) in [5.41, 5.74) is 5.74. The van der Waals surface area contributed by atoms with Gasteiger partial charge in [-0.1, -0.05) is 31.6 Å². The topological polar surface area (TPSA) is 0 Å². The molecule has 0 amide bonds. The Morgan fingerprint density at radius 2 is 2.11 bits per heavy atom. The molecule has 96 valence electrons. The van der Waals surface area contributed by atoms with E-state index >= 15 is 0 Å². The number of rotatable bonds is 0. The maximum atomic E-state index is 2.57. The highest BCUT2D eigenvalue weighted by molar-refractivity contribution is 5.47. The summed E-state index contributed by atoms with van der Waals surface area (Å²) in [4.78, 5) is 0. The monoisotopic (exact) mass is 240 g/mol. The first kappa shape index (κ1) is 11.1. The Hall–Kier alpha value is -0.780. The Morgan fingerprint density at radius 1 is 1.17 bits per heavy atom. The van der Waals surface area contributed by atoms with Crippen molar-refractivity contribution in [2.24, 2.45) is 17.3 Å². The molecule has 0 aliphatic heterocycles. The fraction of sp³-hybridized carbons (Fsp3) is 0.667. The molecular weight excluding hydrogens is 216 g/mol. The van der Waals surface area contributed by atoms with E-state index in [1.54, 1.807) is 16.7 Å². The second-order valence-electron chi connectivity index (χ2n) is 7.04. The average molecular weight is 240 g/mol. The van der Waals surface area contributed by atoms with Gasteiger partial charge in [0.25, 0.3) is 0 Å². The summed E-state index contributed by atoms with van der Waals surface area (Å²) in [6, 6.07) is 0. The molecule has 4 aliphatic carbocycles. The molecule has 0 radical (unpaired) electrons. The predicted octanol–water partition coefficient (Wildman–Crippen LogP) is 5.18. The van der Waals surface area contributed by atoms with E-state index in [2.05, 4.69) is 25.2 Å². The Balaban J connectivity index is 1.82. The van der Waals surface area contributed by atoms with E-state index in [0.717, 1.165) is 11.8 Å². The van der Waals surface area contributed by atoms with Crippen LogP contribution in [0.4, 0.5) is 0 Å². The van der Waals surface area contributed by atoms with Crippen LogP contribution >= 0.6 is 0 Å². The molecule has 0 aromatic heterocycles. The van der Waals surface area contributed by atoms with Crippen molar-refractivity contribution in [2.45, 2.75) is 58.3 Å². The van der Waals surface area contributed by atoms with E-state index in [4.69, 9.17) is 0 Å². The van der Waals surface area contributed by atoms with Crippen molar-refractivity contribution >= 4 is 0 Å². The van der Waals surface area contributed by atoms with Gasteiger partial charge in [0.2, 0.25) is 0 Å². The van der Waals surface area contributed by atoms with Crippen LogP contribution in [0.25, 0.3) is 0 Å². The summed E-state index contributed by atoms with van der Waals surface area (Å²) < 4.78 is 0. The van der Waals surface area contributed by atoms with Crippen LogP contribution < -0.4 is 0 Å². The van der Waals surface area contributed by atoms with Gasteiger partial charge in [-0.2, -0.15) is 0 Å². The molecule has 0 nitrogen and oxygen atoms in total. The van der Waals surface area contributed by atoms with Crippen molar-refractivity contribution in [2.75, 3.05) is 0 Å². The Bertz CT molecular complexity index is 462. The molecule has 1 saturated carbocycles. The van der Waals surface area contributed by atoms with Gasteiger partial charge in [-0.05, 0) is 78.9 Å². The number of hydrogen-bond acceptors (Lipinski definition) is 0. The van der Waals surface area contributed by atoms with Crippen LogP contribution in [0.1, 0.15) is 58.3 Å². The van der Waals surface area contributed by atoms with Gasteiger partial charge in [0.05, 0.1) is 0 Å². The summed E-state index contributed by atoms with van der Waals surface area (Å²) in [7, 11) is 0. The zero-order valence-electron chi connectivity index (χ0n) is 11.5.